The lowest BCUT2D eigenvalue weighted by Gasteiger charge is -2.49. The number of nitrogens with one attached hydrogen (secondary N) is 2. The first-order valence-corrected chi connectivity index (χ1v) is 20.5. The monoisotopic (exact) mass is 589 g/mol. The number of rotatable bonds is 7. The van der Waals surface area contributed by atoms with Gasteiger partial charge in [0.2, 0.25) is 0 Å². The second kappa shape index (κ2) is 10.5. The van der Waals surface area contributed by atoms with E-state index in [1.165, 1.54) is 6.33 Å². The topological polar surface area (TPSA) is 91.9 Å². The van der Waals surface area contributed by atoms with Crippen molar-refractivity contribution in [2.24, 2.45) is 5.92 Å². The molecule has 0 unspecified atom stereocenters. The Kier molecular flexibility index (Phi) is 8.07. The van der Waals surface area contributed by atoms with E-state index in [2.05, 4.69) is 86.7 Å². The van der Waals surface area contributed by atoms with E-state index < -0.39 is 33.6 Å². The minimum Gasteiger partial charge on any atom is -0.411 e. The van der Waals surface area contributed by atoms with E-state index in [1.807, 2.05) is 18.0 Å². The first kappa shape index (κ1) is 30.7. The van der Waals surface area contributed by atoms with Crippen LogP contribution in [-0.2, 0) is 4.43 Å². The van der Waals surface area contributed by atoms with Crippen molar-refractivity contribution in [1.29, 1.82) is 0 Å². The van der Waals surface area contributed by atoms with Gasteiger partial charge in [-0.1, -0.05) is 47.7 Å². The fourth-order valence-electron chi connectivity index (χ4n) is 5.35. The van der Waals surface area contributed by atoms with Gasteiger partial charge >= 0.3 is 0 Å². The molecule has 0 aromatic carbocycles. The van der Waals surface area contributed by atoms with Crippen molar-refractivity contribution < 1.29 is 13.2 Å². The lowest BCUT2D eigenvalue weighted by atomic mass is 9.84. The standard InChI is InChI=1S/C28H45F2N7OSi2/c1-17(2)28(6,38-39(7,8)9)19-15-37(13-12-32-19)26-21(30)24(40(10,11)27(3,4)5)20(29)23(34-26)22-18-14-31-16-33-25(18)36-35-22/h14,16-17,19,32H,12-13,15H2,1-11H3,(H,31,33,35,36)/t19-,28-/m0/s1. The fraction of sp³-hybridized carbons (Fsp3) is 0.643. The summed E-state index contributed by atoms with van der Waals surface area (Å²) in [5.74, 6) is -0.812. The quantitative estimate of drug-likeness (QED) is 0.354. The molecular weight excluding hydrogens is 545 g/mol. The van der Waals surface area contributed by atoms with Crippen LogP contribution < -0.4 is 15.4 Å². The van der Waals surface area contributed by atoms with Gasteiger partial charge < -0.3 is 14.6 Å². The summed E-state index contributed by atoms with van der Waals surface area (Å²) in [5, 5.41) is 11.2. The summed E-state index contributed by atoms with van der Waals surface area (Å²) >= 11 is 0. The Morgan fingerprint density at radius 2 is 1.75 bits per heavy atom. The molecule has 3 aromatic heterocycles. The molecule has 0 amide bonds. The molecule has 0 aliphatic carbocycles. The fourth-order valence-corrected chi connectivity index (χ4v) is 9.12. The third-order valence-electron chi connectivity index (χ3n) is 8.87. The van der Waals surface area contributed by atoms with Gasteiger partial charge in [0.1, 0.15) is 12.0 Å². The highest BCUT2D eigenvalue weighted by Crippen LogP contribution is 2.40. The number of hydrogen-bond donors (Lipinski definition) is 2. The number of fused-ring (bicyclic) bond motifs is 1. The van der Waals surface area contributed by atoms with Gasteiger partial charge in [0.15, 0.2) is 31.4 Å². The summed E-state index contributed by atoms with van der Waals surface area (Å²) in [4.78, 5) is 14.9. The molecular formula is C28H45F2N7OSi2. The minimum atomic E-state index is -2.70. The molecule has 0 bridgehead atoms. The Morgan fingerprint density at radius 1 is 1.07 bits per heavy atom. The second-order valence-electron chi connectivity index (χ2n) is 14.0. The Labute approximate surface area is 238 Å². The van der Waals surface area contributed by atoms with Crippen LogP contribution in [0, 0.1) is 17.6 Å². The highest BCUT2D eigenvalue weighted by molar-refractivity contribution is 6.92. The molecule has 0 spiro atoms. The second-order valence-corrected chi connectivity index (χ2v) is 23.7. The largest absolute Gasteiger partial charge is 0.411 e. The minimum absolute atomic E-state index is 0.0496. The van der Waals surface area contributed by atoms with E-state index in [1.54, 1.807) is 6.20 Å². The van der Waals surface area contributed by atoms with E-state index in [9.17, 15) is 0 Å². The van der Waals surface area contributed by atoms with Crippen LogP contribution in [0.3, 0.4) is 0 Å². The number of aromatic amines is 1. The summed E-state index contributed by atoms with van der Waals surface area (Å²) in [6.07, 6.45) is 2.98. The number of piperazine rings is 1. The zero-order chi connectivity index (χ0) is 29.8. The predicted molar refractivity (Wildman–Crippen MR) is 163 cm³/mol. The summed E-state index contributed by atoms with van der Waals surface area (Å²) in [5.41, 5.74) is 0.342. The van der Waals surface area contributed by atoms with Crippen molar-refractivity contribution in [2.75, 3.05) is 24.5 Å². The predicted octanol–water partition coefficient (Wildman–Crippen LogP) is 5.45. The van der Waals surface area contributed by atoms with Gasteiger partial charge in [0, 0.05) is 31.0 Å². The Morgan fingerprint density at radius 3 is 2.35 bits per heavy atom. The number of aromatic nitrogens is 5. The molecule has 2 atom stereocenters. The highest BCUT2D eigenvalue weighted by atomic mass is 28.4. The maximum absolute atomic E-state index is 16.7. The molecule has 12 heteroatoms. The van der Waals surface area contributed by atoms with Gasteiger partial charge in [-0.25, -0.2) is 23.7 Å². The van der Waals surface area contributed by atoms with Crippen LogP contribution in [0.4, 0.5) is 14.6 Å². The molecule has 4 rings (SSSR count). The van der Waals surface area contributed by atoms with Gasteiger partial charge in [0.25, 0.3) is 0 Å². The van der Waals surface area contributed by atoms with Gasteiger partial charge in [0.05, 0.1) is 30.8 Å². The van der Waals surface area contributed by atoms with Crippen molar-refractivity contribution in [1.82, 2.24) is 30.5 Å². The zero-order valence-corrected chi connectivity index (χ0v) is 27.8. The summed E-state index contributed by atoms with van der Waals surface area (Å²) in [7, 11) is -4.60. The average molecular weight is 590 g/mol. The molecule has 220 valence electrons. The molecule has 0 radical (unpaired) electrons. The zero-order valence-electron chi connectivity index (χ0n) is 25.8. The van der Waals surface area contributed by atoms with Crippen molar-refractivity contribution in [3.8, 4) is 11.4 Å². The van der Waals surface area contributed by atoms with Crippen LogP contribution >= 0.6 is 0 Å². The molecule has 1 fully saturated rings. The molecule has 3 aromatic rings. The van der Waals surface area contributed by atoms with Crippen LogP contribution in [0.2, 0.25) is 37.8 Å². The van der Waals surface area contributed by atoms with Crippen LogP contribution in [0.25, 0.3) is 22.4 Å². The first-order valence-electron chi connectivity index (χ1n) is 14.1. The molecule has 0 saturated carbocycles. The van der Waals surface area contributed by atoms with E-state index in [0.29, 0.717) is 36.4 Å². The van der Waals surface area contributed by atoms with Gasteiger partial charge in [-0.05, 0) is 37.5 Å². The Bertz CT molecular complexity index is 1380. The average Bonchev–Trinajstić information content (AvgIpc) is 3.26. The normalized spacial score (nSPS) is 18.9. The van der Waals surface area contributed by atoms with E-state index >= 15 is 8.78 Å². The van der Waals surface area contributed by atoms with Crippen LogP contribution in [-0.4, -0.2) is 72.8 Å². The molecule has 1 aliphatic heterocycles. The SMILES string of the molecule is CC(C)[C@](C)(O[Si](C)(C)C)[C@@H]1CN(c2nc(-c3[nH]nc4ncncc34)c(F)c([Si](C)(C)C(C)(C)C)c2F)CCN1. The molecule has 8 nitrogen and oxygen atoms in total. The lowest BCUT2D eigenvalue weighted by molar-refractivity contribution is -0.00565. The summed E-state index contributed by atoms with van der Waals surface area (Å²) in [6, 6.07) is -0.0691. The number of H-pyrrole nitrogens is 1. The van der Waals surface area contributed by atoms with E-state index in [0.717, 1.165) is 0 Å². The van der Waals surface area contributed by atoms with Gasteiger partial charge in [-0.3, -0.25) is 5.10 Å². The Hall–Kier alpha value is -2.29. The smallest absolute Gasteiger partial charge is 0.184 e. The first-order chi connectivity index (χ1) is 18.4. The van der Waals surface area contributed by atoms with Crippen molar-refractivity contribution in [3.05, 3.63) is 24.2 Å². The molecule has 40 heavy (non-hydrogen) atoms. The molecule has 2 N–H and O–H groups in total. The van der Waals surface area contributed by atoms with Gasteiger partial charge in [-0.15, -0.1) is 0 Å². The number of halogens is 2. The van der Waals surface area contributed by atoms with Crippen molar-refractivity contribution in [3.63, 3.8) is 0 Å². The highest BCUT2D eigenvalue weighted by Gasteiger charge is 2.46. The maximum atomic E-state index is 16.7. The van der Waals surface area contributed by atoms with Crippen molar-refractivity contribution >= 4 is 38.4 Å². The number of pyridine rings is 1. The van der Waals surface area contributed by atoms with Crippen molar-refractivity contribution in [2.45, 2.75) is 91.0 Å². The third kappa shape index (κ3) is 5.47. The Balaban J connectivity index is 1.91. The van der Waals surface area contributed by atoms with Crippen LogP contribution in [0.15, 0.2) is 12.5 Å². The lowest BCUT2D eigenvalue weighted by Crippen LogP contribution is -2.65. The molecule has 4 heterocycles. The van der Waals surface area contributed by atoms with Gasteiger partial charge in [-0.2, -0.15) is 5.10 Å². The summed E-state index contributed by atoms with van der Waals surface area (Å²) < 4.78 is 40.0. The van der Waals surface area contributed by atoms with E-state index in [4.69, 9.17) is 9.41 Å². The van der Waals surface area contributed by atoms with Crippen LogP contribution in [0.1, 0.15) is 41.5 Å². The number of hydrogen-bond acceptors (Lipinski definition) is 7. The molecule has 1 saturated heterocycles. The summed E-state index contributed by atoms with van der Waals surface area (Å²) in [6.45, 7) is 24.9. The number of nitrogens with zero attached hydrogens (tertiary/aromatic N) is 5. The third-order valence-corrected chi connectivity index (χ3v) is 15.4. The maximum Gasteiger partial charge on any atom is 0.184 e. The number of anilines is 1. The van der Waals surface area contributed by atoms with E-state index in [-0.39, 0.29) is 33.7 Å². The molecule has 1 aliphatic rings. The van der Waals surface area contributed by atoms with Crippen LogP contribution in [0.5, 0.6) is 0 Å².